The molecule has 106 valence electrons. The molecule has 1 atom stereocenters. The zero-order valence-corrected chi connectivity index (χ0v) is 12.4. The molecule has 0 saturated carbocycles. The van der Waals surface area contributed by atoms with Crippen LogP contribution in [0.3, 0.4) is 0 Å². The molecule has 3 rings (SSSR count). The molecule has 20 heavy (non-hydrogen) atoms. The minimum absolute atomic E-state index is 0.656. The molecular formula is C16H20N2OS. The molecule has 0 unspecified atom stereocenters. The molecule has 1 saturated heterocycles. The second-order valence-corrected chi connectivity index (χ2v) is 6.20. The molecular weight excluding hydrogens is 268 g/mol. The molecule has 0 aliphatic carbocycles. The van der Waals surface area contributed by atoms with E-state index < -0.39 is 0 Å². The van der Waals surface area contributed by atoms with Gasteiger partial charge in [0.1, 0.15) is 17.9 Å². The number of fused-ring (bicyclic) bond motifs is 1. The molecule has 0 bridgehead atoms. The smallest absolute Gasteiger partial charge is 0.145 e. The number of nitrogens with one attached hydrogen (secondary N) is 1. The fourth-order valence-corrected chi connectivity index (χ4v) is 3.62. The first-order valence-electron chi connectivity index (χ1n) is 7.21. The molecule has 1 aliphatic heterocycles. The lowest BCUT2D eigenvalue weighted by atomic mass is 10.2. The van der Waals surface area contributed by atoms with Crippen molar-refractivity contribution in [2.75, 3.05) is 24.7 Å². The number of para-hydroxylation sites is 1. The Labute approximate surface area is 124 Å². The van der Waals surface area contributed by atoms with Crippen LogP contribution in [0.5, 0.6) is 5.75 Å². The number of ether oxygens (including phenoxy) is 1. The molecule has 1 aromatic heterocycles. The highest BCUT2D eigenvalue weighted by molar-refractivity contribution is 7.99. The van der Waals surface area contributed by atoms with E-state index in [1.807, 2.05) is 36.2 Å². The van der Waals surface area contributed by atoms with Crippen LogP contribution in [0.4, 0.5) is 0 Å². The van der Waals surface area contributed by atoms with Crippen molar-refractivity contribution in [1.29, 1.82) is 0 Å². The molecule has 1 fully saturated rings. The number of nitrogens with zero attached hydrogens (tertiary/aromatic N) is 1. The summed E-state index contributed by atoms with van der Waals surface area (Å²) < 4.78 is 5.88. The predicted molar refractivity (Wildman–Crippen MR) is 85.6 cm³/mol. The lowest BCUT2D eigenvalue weighted by Crippen LogP contribution is -2.36. The molecule has 0 radical (unpaired) electrons. The maximum Gasteiger partial charge on any atom is 0.145 e. The summed E-state index contributed by atoms with van der Waals surface area (Å²) in [6, 6.07) is 10.7. The van der Waals surface area contributed by atoms with Crippen molar-refractivity contribution in [1.82, 2.24) is 10.3 Å². The third-order valence-electron chi connectivity index (χ3n) is 3.55. The van der Waals surface area contributed by atoms with Gasteiger partial charge < -0.3 is 10.1 Å². The van der Waals surface area contributed by atoms with Crippen molar-refractivity contribution in [3.8, 4) is 5.75 Å². The Morgan fingerprint density at radius 3 is 3.15 bits per heavy atom. The molecule has 0 spiro atoms. The first-order chi connectivity index (χ1) is 9.93. The Bertz CT molecular complexity index is 550. The SMILES string of the molecule is c1cnc2c(OCCN[C@@H]3CCCSC3)cccc2c1. The molecule has 2 aromatic rings. The van der Waals surface area contributed by atoms with E-state index in [2.05, 4.69) is 22.4 Å². The Kier molecular flexibility index (Phi) is 4.77. The molecule has 0 amide bonds. The molecule has 1 N–H and O–H groups in total. The highest BCUT2D eigenvalue weighted by Gasteiger charge is 2.12. The fourth-order valence-electron chi connectivity index (χ4n) is 2.52. The van der Waals surface area contributed by atoms with Crippen LogP contribution in [0, 0.1) is 0 Å². The van der Waals surface area contributed by atoms with Gasteiger partial charge in [0.25, 0.3) is 0 Å². The second-order valence-electron chi connectivity index (χ2n) is 5.05. The predicted octanol–water partition coefficient (Wildman–Crippen LogP) is 3.10. The normalized spacial score (nSPS) is 19.1. The minimum Gasteiger partial charge on any atom is -0.490 e. The number of hydrogen-bond donors (Lipinski definition) is 1. The molecule has 2 heterocycles. The Morgan fingerprint density at radius 2 is 2.25 bits per heavy atom. The Morgan fingerprint density at radius 1 is 1.30 bits per heavy atom. The summed E-state index contributed by atoms with van der Waals surface area (Å²) in [6.07, 6.45) is 4.44. The van der Waals surface area contributed by atoms with Crippen LogP contribution in [-0.4, -0.2) is 35.7 Å². The van der Waals surface area contributed by atoms with Gasteiger partial charge in [-0.2, -0.15) is 11.8 Å². The Hall–Kier alpha value is -1.26. The standard InChI is InChI=1S/C16H20N2OS/c1-4-13-5-2-8-18-16(13)15(7-1)19-10-9-17-14-6-3-11-20-12-14/h1-2,4-5,7-8,14,17H,3,6,9-12H2/t14-/m1/s1. The lowest BCUT2D eigenvalue weighted by Gasteiger charge is -2.22. The molecule has 3 nitrogen and oxygen atoms in total. The first-order valence-corrected chi connectivity index (χ1v) is 8.36. The van der Waals surface area contributed by atoms with Crippen LogP contribution in [-0.2, 0) is 0 Å². The first kappa shape index (κ1) is 13.7. The summed E-state index contributed by atoms with van der Waals surface area (Å²) in [5, 5.41) is 4.70. The van der Waals surface area contributed by atoms with Gasteiger partial charge in [-0.1, -0.05) is 18.2 Å². The average Bonchev–Trinajstić information content (AvgIpc) is 2.53. The van der Waals surface area contributed by atoms with E-state index in [1.165, 1.54) is 24.3 Å². The number of pyridine rings is 1. The lowest BCUT2D eigenvalue weighted by molar-refractivity contribution is 0.308. The van der Waals surface area contributed by atoms with Crippen LogP contribution in [0.25, 0.3) is 10.9 Å². The summed E-state index contributed by atoms with van der Waals surface area (Å²) in [4.78, 5) is 4.40. The van der Waals surface area contributed by atoms with Gasteiger partial charge in [0.15, 0.2) is 0 Å². The average molecular weight is 288 g/mol. The molecule has 1 aromatic carbocycles. The van der Waals surface area contributed by atoms with E-state index >= 15 is 0 Å². The van der Waals surface area contributed by atoms with Crippen molar-refractivity contribution >= 4 is 22.7 Å². The highest BCUT2D eigenvalue weighted by Crippen LogP contribution is 2.22. The van der Waals surface area contributed by atoms with Gasteiger partial charge in [-0.05, 0) is 30.7 Å². The van der Waals surface area contributed by atoms with E-state index in [4.69, 9.17) is 4.74 Å². The van der Waals surface area contributed by atoms with Gasteiger partial charge in [-0.3, -0.25) is 4.98 Å². The summed E-state index contributed by atoms with van der Waals surface area (Å²) >= 11 is 2.05. The maximum atomic E-state index is 5.88. The molecule has 1 aliphatic rings. The van der Waals surface area contributed by atoms with E-state index in [0.717, 1.165) is 23.2 Å². The summed E-state index contributed by atoms with van der Waals surface area (Å²) in [5.74, 6) is 3.43. The van der Waals surface area contributed by atoms with Gasteiger partial charge in [0.05, 0.1) is 0 Å². The minimum atomic E-state index is 0.656. The highest BCUT2D eigenvalue weighted by atomic mass is 32.2. The zero-order valence-electron chi connectivity index (χ0n) is 11.5. The fraction of sp³-hybridized carbons (Fsp3) is 0.438. The number of thioether (sulfide) groups is 1. The van der Waals surface area contributed by atoms with Crippen molar-refractivity contribution in [2.24, 2.45) is 0 Å². The third-order valence-corrected chi connectivity index (χ3v) is 4.76. The van der Waals surface area contributed by atoms with Crippen molar-refractivity contribution in [3.05, 3.63) is 36.5 Å². The quantitative estimate of drug-likeness (QED) is 0.857. The van der Waals surface area contributed by atoms with Gasteiger partial charge >= 0.3 is 0 Å². The van der Waals surface area contributed by atoms with E-state index in [0.29, 0.717) is 12.6 Å². The van der Waals surface area contributed by atoms with Crippen molar-refractivity contribution < 1.29 is 4.74 Å². The second kappa shape index (κ2) is 6.95. The zero-order chi connectivity index (χ0) is 13.6. The third kappa shape index (κ3) is 3.44. The topological polar surface area (TPSA) is 34.1 Å². The van der Waals surface area contributed by atoms with Gasteiger partial charge in [-0.25, -0.2) is 0 Å². The van der Waals surface area contributed by atoms with Gasteiger partial charge in [0, 0.05) is 29.9 Å². The summed E-state index contributed by atoms with van der Waals surface area (Å²) in [6.45, 7) is 1.59. The summed E-state index contributed by atoms with van der Waals surface area (Å²) in [5.41, 5.74) is 0.947. The van der Waals surface area contributed by atoms with E-state index in [1.54, 1.807) is 0 Å². The van der Waals surface area contributed by atoms with Crippen molar-refractivity contribution in [2.45, 2.75) is 18.9 Å². The van der Waals surface area contributed by atoms with Gasteiger partial charge in [0.2, 0.25) is 0 Å². The summed E-state index contributed by atoms with van der Waals surface area (Å²) in [7, 11) is 0. The number of hydrogen-bond acceptors (Lipinski definition) is 4. The Balaban J connectivity index is 1.52. The number of rotatable bonds is 5. The number of aromatic nitrogens is 1. The van der Waals surface area contributed by atoms with Crippen LogP contribution in [0.2, 0.25) is 0 Å². The van der Waals surface area contributed by atoms with E-state index in [9.17, 15) is 0 Å². The van der Waals surface area contributed by atoms with Crippen molar-refractivity contribution in [3.63, 3.8) is 0 Å². The van der Waals surface area contributed by atoms with Gasteiger partial charge in [-0.15, -0.1) is 0 Å². The molecule has 4 heteroatoms. The van der Waals surface area contributed by atoms with Crippen LogP contribution in [0.15, 0.2) is 36.5 Å². The largest absolute Gasteiger partial charge is 0.490 e. The monoisotopic (exact) mass is 288 g/mol. The van der Waals surface area contributed by atoms with Crippen LogP contribution < -0.4 is 10.1 Å². The van der Waals surface area contributed by atoms with E-state index in [-0.39, 0.29) is 0 Å². The maximum absolute atomic E-state index is 5.88. The number of benzene rings is 1. The van der Waals surface area contributed by atoms with Crippen LogP contribution in [0.1, 0.15) is 12.8 Å². The van der Waals surface area contributed by atoms with Crippen LogP contribution >= 0.6 is 11.8 Å².